The van der Waals surface area contributed by atoms with Gasteiger partial charge in [-0.15, -0.1) is 0 Å². The fourth-order valence-electron chi connectivity index (χ4n) is 3.01. The molecule has 140 valence electrons. The van der Waals surface area contributed by atoms with Crippen molar-refractivity contribution < 1.29 is 22.7 Å². The lowest BCUT2D eigenvalue weighted by molar-refractivity contribution is 0.0279. The number of sulfonamides is 1. The number of aliphatic hydroxyl groups excluding tert-OH is 1. The fraction of sp³-hybridized carbons (Fsp3) is 0.389. The van der Waals surface area contributed by atoms with Crippen LogP contribution in [-0.2, 0) is 10.0 Å². The van der Waals surface area contributed by atoms with Gasteiger partial charge in [0.25, 0.3) is 0 Å². The van der Waals surface area contributed by atoms with Crippen molar-refractivity contribution in [2.75, 3.05) is 7.11 Å². The van der Waals surface area contributed by atoms with Gasteiger partial charge in [-0.1, -0.05) is 12.1 Å². The zero-order chi connectivity index (χ0) is 18.9. The minimum atomic E-state index is -3.93. The number of aromatic nitrogens is 1. The molecule has 1 aliphatic rings. The number of rotatable bonds is 6. The van der Waals surface area contributed by atoms with E-state index in [1.54, 1.807) is 25.3 Å². The number of benzene rings is 1. The fourth-order valence-corrected chi connectivity index (χ4v) is 4.32. The van der Waals surface area contributed by atoms with Crippen molar-refractivity contribution in [3.8, 4) is 5.88 Å². The van der Waals surface area contributed by atoms with Gasteiger partial charge in [0.1, 0.15) is 5.82 Å². The van der Waals surface area contributed by atoms with E-state index in [9.17, 15) is 17.9 Å². The van der Waals surface area contributed by atoms with Gasteiger partial charge in [0.15, 0.2) is 0 Å². The quantitative estimate of drug-likeness (QED) is 0.803. The SMILES string of the molecule is COc1ccc([C@@H](NS(=O)(=O)c2ccc(C)c(F)c2)C2CC(O)C2)cn1. The summed E-state index contributed by atoms with van der Waals surface area (Å²) in [5.41, 5.74) is 1.04. The minimum Gasteiger partial charge on any atom is -0.481 e. The second-order valence-electron chi connectivity index (χ2n) is 6.53. The van der Waals surface area contributed by atoms with Gasteiger partial charge in [0, 0.05) is 12.3 Å². The predicted molar refractivity (Wildman–Crippen MR) is 93.7 cm³/mol. The highest BCUT2D eigenvalue weighted by atomic mass is 32.2. The molecule has 0 radical (unpaired) electrons. The Kier molecular flexibility index (Phi) is 5.27. The minimum absolute atomic E-state index is 0.0646. The highest BCUT2D eigenvalue weighted by Gasteiger charge is 2.37. The number of pyridine rings is 1. The predicted octanol–water partition coefficient (Wildman–Crippen LogP) is 2.33. The topological polar surface area (TPSA) is 88.5 Å². The zero-order valence-electron chi connectivity index (χ0n) is 14.5. The maximum absolute atomic E-state index is 13.8. The molecule has 3 rings (SSSR count). The van der Waals surface area contributed by atoms with E-state index in [1.807, 2.05) is 0 Å². The Morgan fingerprint density at radius 3 is 2.58 bits per heavy atom. The molecule has 6 nitrogen and oxygen atoms in total. The van der Waals surface area contributed by atoms with Crippen LogP contribution in [0.25, 0.3) is 0 Å². The number of hydrogen-bond acceptors (Lipinski definition) is 5. The summed E-state index contributed by atoms with van der Waals surface area (Å²) in [6.07, 6.45) is 2.09. The monoisotopic (exact) mass is 380 g/mol. The van der Waals surface area contributed by atoms with Crippen molar-refractivity contribution in [2.45, 2.75) is 36.8 Å². The van der Waals surface area contributed by atoms with Crippen LogP contribution in [0.1, 0.15) is 30.0 Å². The summed E-state index contributed by atoms with van der Waals surface area (Å²) in [4.78, 5) is 3.99. The van der Waals surface area contributed by atoms with Crippen LogP contribution in [0.3, 0.4) is 0 Å². The third kappa shape index (κ3) is 3.87. The second-order valence-corrected chi connectivity index (χ2v) is 8.24. The van der Waals surface area contributed by atoms with Gasteiger partial charge in [0.2, 0.25) is 15.9 Å². The molecule has 1 fully saturated rings. The van der Waals surface area contributed by atoms with Gasteiger partial charge >= 0.3 is 0 Å². The summed E-state index contributed by atoms with van der Waals surface area (Å²) < 4.78 is 47.0. The summed E-state index contributed by atoms with van der Waals surface area (Å²) in [5.74, 6) is -0.218. The summed E-state index contributed by atoms with van der Waals surface area (Å²) >= 11 is 0. The number of hydrogen-bond donors (Lipinski definition) is 2. The number of methoxy groups -OCH3 is 1. The summed E-state index contributed by atoms with van der Waals surface area (Å²) in [7, 11) is -2.44. The Hall–Kier alpha value is -2.03. The van der Waals surface area contributed by atoms with Crippen molar-refractivity contribution in [3.63, 3.8) is 0 Å². The number of aliphatic hydroxyl groups is 1. The number of nitrogens with one attached hydrogen (secondary N) is 1. The molecule has 0 unspecified atom stereocenters. The molecule has 1 atom stereocenters. The van der Waals surface area contributed by atoms with Crippen LogP contribution in [0.15, 0.2) is 41.4 Å². The highest BCUT2D eigenvalue weighted by Crippen LogP contribution is 2.39. The van der Waals surface area contributed by atoms with E-state index in [2.05, 4.69) is 9.71 Å². The molecule has 8 heteroatoms. The van der Waals surface area contributed by atoms with Crippen LogP contribution in [-0.4, -0.2) is 31.7 Å². The van der Waals surface area contributed by atoms with E-state index in [0.29, 0.717) is 29.8 Å². The number of nitrogens with zero attached hydrogens (tertiary/aromatic N) is 1. The lowest BCUT2D eigenvalue weighted by Gasteiger charge is -2.38. The van der Waals surface area contributed by atoms with E-state index in [1.165, 1.54) is 19.2 Å². The van der Waals surface area contributed by atoms with E-state index in [0.717, 1.165) is 6.07 Å². The van der Waals surface area contributed by atoms with Gasteiger partial charge in [-0.05, 0) is 48.9 Å². The van der Waals surface area contributed by atoms with Crippen LogP contribution in [0.4, 0.5) is 4.39 Å². The lowest BCUT2D eigenvalue weighted by atomic mass is 9.76. The Labute approximate surface area is 152 Å². The molecular formula is C18H21FN2O4S. The molecule has 0 amide bonds. The van der Waals surface area contributed by atoms with Crippen LogP contribution >= 0.6 is 0 Å². The Morgan fingerprint density at radius 1 is 1.31 bits per heavy atom. The smallest absolute Gasteiger partial charge is 0.241 e. The van der Waals surface area contributed by atoms with E-state index in [4.69, 9.17) is 4.74 Å². The first-order valence-corrected chi connectivity index (χ1v) is 9.75. The molecule has 1 aromatic heterocycles. The summed E-state index contributed by atoms with van der Waals surface area (Å²) in [6, 6.07) is 6.64. The second kappa shape index (κ2) is 7.30. The summed E-state index contributed by atoms with van der Waals surface area (Å²) in [5, 5.41) is 9.62. The first kappa shape index (κ1) is 18.8. The standard InChI is InChI=1S/C18H21FN2O4S/c1-11-3-5-15(9-16(11)19)26(23,24)21-18(13-7-14(22)8-13)12-4-6-17(25-2)20-10-12/h3-6,9-10,13-14,18,21-22H,7-8H2,1-2H3/t13?,14?,18-/m1/s1. The molecular weight excluding hydrogens is 359 g/mol. The van der Waals surface area contributed by atoms with E-state index in [-0.39, 0.29) is 10.8 Å². The Balaban J connectivity index is 1.90. The third-order valence-electron chi connectivity index (χ3n) is 4.68. The Bertz CT molecular complexity index is 881. The molecule has 26 heavy (non-hydrogen) atoms. The number of halogens is 1. The molecule has 0 spiro atoms. The van der Waals surface area contributed by atoms with E-state index >= 15 is 0 Å². The average molecular weight is 380 g/mol. The normalized spacial score (nSPS) is 21.1. The molecule has 1 saturated carbocycles. The zero-order valence-corrected chi connectivity index (χ0v) is 15.3. The van der Waals surface area contributed by atoms with Gasteiger partial charge in [-0.3, -0.25) is 0 Å². The number of aryl methyl sites for hydroxylation is 1. The maximum Gasteiger partial charge on any atom is 0.241 e. The Morgan fingerprint density at radius 2 is 2.04 bits per heavy atom. The maximum atomic E-state index is 13.8. The van der Waals surface area contributed by atoms with Crippen molar-refractivity contribution in [3.05, 3.63) is 53.5 Å². The van der Waals surface area contributed by atoms with Gasteiger partial charge in [-0.25, -0.2) is 22.5 Å². The molecule has 2 N–H and O–H groups in total. The van der Waals surface area contributed by atoms with Crippen LogP contribution in [0, 0.1) is 18.7 Å². The molecule has 1 aromatic carbocycles. The largest absolute Gasteiger partial charge is 0.481 e. The van der Waals surface area contributed by atoms with Crippen molar-refractivity contribution in [2.24, 2.45) is 5.92 Å². The molecule has 1 heterocycles. The van der Waals surface area contributed by atoms with Crippen molar-refractivity contribution in [1.82, 2.24) is 9.71 Å². The molecule has 1 aliphatic carbocycles. The van der Waals surface area contributed by atoms with Crippen LogP contribution in [0.5, 0.6) is 5.88 Å². The van der Waals surface area contributed by atoms with Crippen molar-refractivity contribution in [1.29, 1.82) is 0 Å². The summed E-state index contributed by atoms with van der Waals surface area (Å²) in [6.45, 7) is 1.57. The molecule has 2 aromatic rings. The highest BCUT2D eigenvalue weighted by molar-refractivity contribution is 7.89. The molecule has 0 saturated heterocycles. The lowest BCUT2D eigenvalue weighted by Crippen LogP contribution is -2.41. The first-order chi connectivity index (χ1) is 12.3. The molecule has 0 bridgehead atoms. The molecule has 0 aliphatic heterocycles. The van der Waals surface area contributed by atoms with Crippen LogP contribution < -0.4 is 9.46 Å². The number of ether oxygens (including phenoxy) is 1. The van der Waals surface area contributed by atoms with Crippen molar-refractivity contribution >= 4 is 10.0 Å². The third-order valence-corrected chi connectivity index (χ3v) is 6.12. The van der Waals surface area contributed by atoms with E-state index < -0.39 is 28.0 Å². The van der Waals surface area contributed by atoms with Gasteiger partial charge in [0.05, 0.1) is 24.2 Å². The van der Waals surface area contributed by atoms with Crippen LogP contribution in [0.2, 0.25) is 0 Å². The first-order valence-electron chi connectivity index (χ1n) is 8.26. The van der Waals surface area contributed by atoms with Gasteiger partial charge in [-0.2, -0.15) is 0 Å². The van der Waals surface area contributed by atoms with Gasteiger partial charge < -0.3 is 9.84 Å². The average Bonchev–Trinajstić information content (AvgIpc) is 2.59.